The van der Waals surface area contributed by atoms with Gasteiger partial charge in [-0.2, -0.15) is 0 Å². The number of amides is 1. The summed E-state index contributed by atoms with van der Waals surface area (Å²) in [5, 5.41) is 2.93. The number of ether oxygens (including phenoxy) is 2. The van der Waals surface area contributed by atoms with Gasteiger partial charge in [-0.1, -0.05) is 30.3 Å². The maximum absolute atomic E-state index is 12.5. The number of hydrogen-bond donors (Lipinski definition) is 1. The highest BCUT2D eigenvalue weighted by Crippen LogP contribution is 2.39. The molecule has 5 nitrogen and oxygen atoms in total. The second kappa shape index (κ2) is 9.67. The molecule has 0 bridgehead atoms. The van der Waals surface area contributed by atoms with E-state index in [0.717, 1.165) is 43.1 Å². The number of rotatable bonds is 7. The lowest BCUT2D eigenvalue weighted by atomic mass is 10.0. The monoisotopic (exact) mass is 416 g/mol. The van der Waals surface area contributed by atoms with Gasteiger partial charge in [-0.15, -0.1) is 0 Å². The summed E-state index contributed by atoms with van der Waals surface area (Å²) >= 11 is 0. The predicted octanol–water partition coefficient (Wildman–Crippen LogP) is 5.29. The fraction of sp³-hybridized carbons (Fsp3) is 0.269. The maximum Gasteiger partial charge on any atom is 0.255 e. The Hall–Kier alpha value is -3.31. The Morgan fingerprint density at radius 3 is 2.48 bits per heavy atom. The highest BCUT2D eigenvalue weighted by Gasteiger charge is 2.28. The molecule has 3 aromatic rings. The van der Waals surface area contributed by atoms with E-state index in [-0.39, 0.29) is 11.9 Å². The van der Waals surface area contributed by atoms with Crippen LogP contribution in [0.3, 0.4) is 0 Å². The average molecular weight is 417 g/mol. The molecule has 0 aliphatic carbocycles. The van der Waals surface area contributed by atoms with Gasteiger partial charge in [0.05, 0.1) is 14.2 Å². The molecular formula is C26H28N2O3. The van der Waals surface area contributed by atoms with Gasteiger partial charge in [0.1, 0.15) is 11.5 Å². The van der Waals surface area contributed by atoms with Crippen molar-refractivity contribution < 1.29 is 14.3 Å². The van der Waals surface area contributed by atoms with E-state index in [0.29, 0.717) is 5.56 Å². The minimum absolute atomic E-state index is 0.0992. The number of benzene rings is 3. The Kier molecular flexibility index (Phi) is 6.53. The number of carbonyl (C=O) groups excluding carboxylic acids is 1. The van der Waals surface area contributed by atoms with Gasteiger partial charge < -0.3 is 14.8 Å². The quantitative estimate of drug-likeness (QED) is 0.568. The van der Waals surface area contributed by atoms with Crippen molar-refractivity contribution in [1.82, 2.24) is 4.90 Å². The summed E-state index contributed by atoms with van der Waals surface area (Å²) in [5.74, 6) is 1.64. The molecule has 1 saturated heterocycles. The van der Waals surface area contributed by atoms with Gasteiger partial charge >= 0.3 is 0 Å². The number of anilines is 1. The Balaban J connectivity index is 1.46. The average Bonchev–Trinajstić information content (AvgIpc) is 3.27. The van der Waals surface area contributed by atoms with Crippen LogP contribution in [0.2, 0.25) is 0 Å². The van der Waals surface area contributed by atoms with Gasteiger partial charge in [-0.05, 0) is 67.4 Å². The molecule has 4 rings (SSSR count). The van der Waals surface area contributed by atoms with E-state index in [1.807, 2.05) is 66.7 Å². The van der Waals surface area contributed by atoms with E-state index in [9.17, 15) is 4.79 Å². The van der Waals surface area contributed by atoms with Crippen molar-refractivity contribution in [2.75, 3.05) is 26.1 Å². The summed E-state index contributed by atoms with van der Waals surface area (Å²) in [6, 6.07) is 23.6. The molecule has 0 saturated carbocycles. The van der Waals surface area contributed by atoms with Crippen LogP contribution in [0.25, 0.3) is 0 Å². The van der Waals surface area contributed by atoms with Gasteiger partial charge in [0.2, 0.25) is 0 Å². The first kappa shape index (κ1) is 20.9. The third-order valence-electron chi connectivity index (χ3n) is 5.79. The standard InChI is InChI=1S/C26H28N2O3/c1-30-22-14-15-25(31-2)23(17-22)24-9-6-16-28(24)18-19-10-12-20(13-11-19)26(29)27-21-7-4-3-5-8-21/h3-5,7-8,10-15,17,24H,6,9,16,18H2,1-2H3,(H,27,29). The molecule has 1 aliphatic rings. The molecule has 1 atom stereocenters. The molecule has 1 aliphatic heterocycles. The smallest absolute Gasteiger partial charge is 0.255 e. The molecular weight excluding hydrogens is 388 g/mol. The minimum Gasteiger partial charge on any atom is -0.497 e. The Morgan fingerprint density at radius 1 is 1.00 bits per heavy atom. The Bertz CT molecular complexity index is 1020. The number of hydrogen-bond acceptors (Lipinski definition) is 4. The van der Waals surface area contributed by atoms with Gasteiger partial charge in [0.25, 0.3) is 5.91 Å². The number of nitrogens with one attached hydrogen (secondary N) is 1. The van der Waals surface area contributed by atoms with Crippen LogP contribution in [-0.2, 0) is 6.54 Å². The van der Waals surface area contributed by atoms with Crippen LogP contribution in [-0.4, -0.2) is 31.6 Å². The van der Waals surface area contributed by atoms with Crippen LogP contribution in [0.1, 0.15) is 40.4 Å². The van der Waals surface area contributed by atoms with Crippen LogP contribution in [0.4, 0.5) is 5.69 Å². The van der Waals surface area contributed by atoms with Gasteiger partial charge in [-0.3, -0.25) is 9.69 Å². The highest BCUT2D eigenvalue weighted by atomic mass is 16.5. The number of para-hydroxylation sites is 1. The van der Waals surface area contributed by atoms with Crippen molar-refractivity contribution in [1.29, 1.82) is 0 Å². The van der Waals surface area contributed by atoms with E-state index < -0.39 is 0 Å². The normalized spacial score (nSPS) is 16.1. The third-order valence-corrected chi connectivity index (χ3v) is 5.79. The fourth-order valence-electron chi connectivity index (χ4n) is 4.19. The third kappa shape index (κ3) is 4.89. The molecule has 160 valence electrons. The second-order valence-corrected chi connectivity index (χ2v) is 7.75. The number of methoxy groups -OCH3 is 2. The molecule has 31 heavy (non-hydrogen) atoms. The number of nitrogens with zero attached hydrogens (tertiary/aromatic N) is 1. The molecule has 0 radical (unpaired) electrons. The van der Waals surface area contributed by atoms with E-state index in [1.165, 1.54) is 11.1 Å². The predicted molar refractivity (Wildman–Crippen MR) is 123 cm³/mol. The van der Waals surface area contributed by atoms with Crippen LogP contribution >= 0.6 is 0 Å². The first-order valence-electron chi connectivity index (χ1n) is 10.6. The molecule has 3 aromatic carbocycles. The lowest BCUT2D eigenvalue weighted by molar-refractivity contribution is 0.102. The molecule has 5 heteroatoms. The first-order valence-corrected chi connectivity index (χ1v) is 10.6. The SMILES string of the molecule is COc1ccc(OC)c(C2CCCN2Cc2ccc(C(=O)Nc3ccccc3)cc2)c1. The van der Waals surface area contributed by atoms with Crippen LogP contribution in [0.5, 0.6) is 11.5 Å². The summed E-state index contributed by atoms with van der Waals surface area (Å²) < 4.78 is 11.1. The van der Waals surface area contributed by atoms with Gasteiger partial charge in [0, 0.05) is 29.4 Å². The van der Waals surface area contributed by atoms with E-state index >= 15 is 0 Å². The van der Waals surface area contributed by atoms with Crippen molar-refractivity contribution >= 4 is 11.6 Å². The molecule has 1 unspecified atom stereocenters. The Morgan fingerprint density at radius 2 is 1.77 bits per heavy atom. The van der Waals surface area contributed by atoms with Crippen LogP contribution in [0.15, 0.2) is 72.8 Å². The second-order valence-electron chi connectivity index (χ2n) is 7.75. The maximum atomic E-state index is 12.5. The molecule has 1 fully saturated rings. The van der Waals surface area contributed by atoms with Crippen molar-refractivity contribution in [3.63, 3.8) is 0 Å². The van der Waals surface area contributed by atoms with Crippen LogP contribution in [0, 0.1) is 0 Å². The van der Waals surface area contributed by atoms with Crippen molar-refractivity contribution in [2.24, 2.45) is 0 Å². The minimum atomic E-state index is -0.0992. The zero-order valence-electron chi connectivity index (χ0n) is 18.0. The summed E-state index contributed by atoms with van der Waals surface area (Å²) in [4.78, 5) is 15.0. The fourth-order valence-corrected chi connectivity index (χ4v) is 4.19. The number of likely N-dealkylation sites (tertiary alicyclic amines) is 1. The summed E-state index contributed by atoms with van der Waals surface area (Å²) in [6.07, 6.45) is 2.23. The molecule has 0 spiro atoms. The molecule has 1 heterocycles. The van der Waals surface area contributed by atoms with E-state index in [4.69, 9.17) is 9.47 Å². The summed E-state index contributed by atoms with van der Waals surface area (Å²) in [7, 11) is 3.40. The Labute approximate surface area is 183 Å². The van der Waals surface area contributed by atoms with Gasteiger partial charge in [-0.25, -0.2) is 0 Å². The summed E-state index contributed by atoms with van der Waals surface area (Å²) in [6.45, 7) is 1.85. The lowest BCUT2D eigenvalue weighted by Crippen LogP contribution is -2.23. The largest absolute Gasteiger partial charge is 0.497 e. The van der Waals surface area contributed by atoms with Crippen molar-refractivity contribution in [3.8, 4) is 11.5 Å². The summed E-state index contributed by atoms with van der Waals surface area (Å²) in [5.41, 5.74) is 3.80. The first-order chi connectivity index (χ1) is 15.2. The lowest BCUT2D eigenvalue weighted by Gasteiger charge is -2.26. The van der Waals surface area contributed by atoms with Gasteiger partial charge in [0.15, 0.2) is 0 Å². The van der Waals surface area contributed by atoms with E-state index in [1.54, 1.807) is 14.2 Å². The van der Waals surface area contributed by atoms with Crippen molar-refractivity contribution in [3.05, 3.63) is 89.5 Å². The zero-order chi connectivity index (χ0) is 21.6. The molecule has 1 amide bonds. The van der Waals surface area contributed by atoms with E-state index in [2.05, 4.69) is 16.3 Å². The zero-order valence-corrected chi connectivity index (χ0v) is 18.0. The van der Waals surface area contributed by atoms with Crippen molar-refractivity contribution in [2.45, 2.75) is 25.4 Å². The molecule has 1 N–H and O–H groups in total. The number of carbonyl (C=O) groups is 1. The van der Waals surface area contributed by atoms with Crippen LogP contribution < -0.4 is 14.8 Å². The molecule has 0 aromatic heterocycles. The highest BCUT2D eigenvalue weighted by molar-refractivity contribution is 6.04. The topological polar surface area (TPSA) is 50.8 Å².